The second kappa shape index (κ2) is 7.70. The van der Waals surface area contributed by atoms with Gasteiger partial charge in [-0.05, 0) is 41.5 Å². The maximum atomic E-state index is 12.9. The predicted molar refractivity (Wildman–Crippen MR) is 98.9 cm³/mol. The molecule has 2 aromatic heterocycles. The van der Waals surface area contributed by atoms with Crippen LogP contribution in [0.15, 0.2) is 65.4 Å². The van der Waals surface area contributed by atoms with Crippen LogP contribution in [-0.4, -0.2) is 18.8 Å². The van der Waals surface area contributed by atoms with Gasteiger partial charge in [-0.15, -0.1) is 0 Å². The number of rotatable bonds is 7. The number of aromatic nitrogens is 1. The number of furan rings is 1. The van der Waals surface area contributed by atoms with Crippen molar-refractivity contribution >= 4 is 25.2 Å². The molecule has 25 heavy (non-hydrogen) atoms. The first-order valence-corrected chi connectivity index (χ1v) is 9.36. The molecule has 0 radical (unpaired) electrons. The van der Waals surface area contributed by atoms with Crippen molar-refractivity contribution in [1.29, 1.82) is 0 Å². The molecule has 3 aromatic rings. The average Bonchev–Trinajstić information content (AvgIpc) is 3.30. The van der Waals surface area contributed by atoms with Crippen molar-refractivity contribution in [1.82, 2.24) is 4.57 Å². The van der Waals surface area contributed by atoms with Crippen molar-refractivity contribution in [3.8, 4) is 0 Å². The van der Waals surface area contributed by atoms with Gasteiger partial charge in [0.05, 0.1) is 6.26 Å². The van der Waals surface area contributed by atoms with Gasteiger partial charge in [0.15, 0.2) is 0 Å². The lowest BCUT2D eigenvalue weighted by Gasteiger charge is -2.16. The Labute approximate surface area is 147 Å². The molecule has 0 amide bonds. The summed E-state index contributed by atoms with van der Waals surface area (Å²) in [6.07, 6.45) is 7.30. The van der Waals surface area contributed by atoms with E-state index in [9.17, 15) is 4.57 Å². The third kappa shape index (κ3) is 4.02. The topological polar surface area (TPSA) is 53.6 Å². The Hall–Kier alpha value is -2.33. The fraction of sp³-hybridized carbons (Fsp3) is 0.158. The number of hydrogen-bond acceptors (Lipinski definition) is 4. The molecule has 0 fully saturated rings. The van der Waals surface area contributed by atoms with Crippen molar-refractivity contribution < 1.29 is 18.0 Å². The molecule has 2 heterocycles. The van der Waals surface area contributed by atoms with Gasteiger partial charge in [0.1, 0.15) is 11.2 Å². The van der Waals surface area contributed by atoms with E-state index >= 15 is 0 Å². The lowest BCUT2D eigenvalue weighted by atomic mass is 10.2. The van der Waals surface area contributed by atoms with Crippen LogP contribution in [-0.2, 0) is 20.2 Å². The third-order valence-corrected chi connectivity index (χ3v) is 5.74. The highest BCUT2D eigenvalue weighted by molar-refractivity contribution is 7.61. The fourth-order valence-electron chi connectivity index (χ4n) is 2.58. The zero-order chi connectivity index (χ0) is 17.7. The number of hydrogen-bond donors (Lipinski definition) is 0. The molecule has 0 unspecified atom stereocenters. The fourth-order valence-corrected chi connectivity index (χ4v) is 3.85. The zero-order valence-electron chi connectivity index (χ0n) is 14.2. The van der Waals surface area contributed by atoms with E-state index in [0.29, 0.717) is 12.0 Å². The second-order valence-electron chi connectivity index (χ2n) is 5.46. The van der Waals surface area contributed by atoms with E-state index in [1.165, 1.54) is 14.2 Å². The normalized spacial score (nSPS) is 12.1. The second-order valence-corrected chi connectivity index (χ2v) is 7.64. The van der Waals surface area contributed by atoms with Gasteiger partial charge in [-0.25, -0.2) is 0 Å². The van der Waals surface area contributed by atoms with Gasteiger partial charge in [0.2, 0.25) is 0 Å². The van der Waals surface area contributed by atoms with Crippen molar-refractivity contribution in [2.45, 2.75) is 6.54 Å². The first kappa shape index (κ1) is 17.5. The van der Waals surface area contributed by atoms with E-state index in [1.807, 2.05) is 71.4 Å². The van der Waals surface area contributed by atoms with E-state index in [0.717, 1.165) is 16.9 Å². The van der Waals surface area contributed by atoms with Crippen LogP contribution >= 0.6 is 7.60 Å². The molecule has 0 saturated carbocycles. The first-order valence-electron chi connectivity index (χ1n) is 7.82. The number of nitrogens with zero attached hydrogens (tertiary/aromatic N) is 1. The van der Waals surface area contributed by atoms with Crippen LogP contribution in [0.3, 0.4) is 0 Å². The Morgan fingerprint density at radius 3 is 2.48 bits per heavy atom. The van der Waals surface area contributed by atoms with E-state index in [1.54, 1.807) is 6.26 Å². The zero-order valence-corrected chi connectivity index (χ0v) is 15.1. The van der Waals surface area contributed by atoms with E-state index in [-0.39, 0.29) is 0 Å². The molecule has 0 spiro atoms. The highest BCUT2D eigenvalue weighted by Crippen LogP contribution is 2.45. The van der Waals surface area contributed by atoms with Gasteiger partial charge in [0.25, 0.3) is 0 Å². The average molecular weight is 357 g/mol. The van der Waals surface area contributed by atoms with Crippen LogP contribution in [0.4, 0.5) is 0 Å². The standard InChI is InChI=1S/C19H20NO4P/c1-22-25(21,23-2)19-13-17(10-11-18-9-6-12-24-18)15-20(19)14-16-7-4-3-5-8-16/h3-13,15H,14H2,1-2H3/b11-10-. The molecule has 0 saturated heterocycles. The van der Waals surface area contributed by atoms with Gasteiger partial charge >= 0.3 is 7.60 Å². The summed E-state index contributed by atoms with van der Waals surface area (Å²) in [6.45, 7) is 0.571. The molecule has 6 heteroatoms. The summed E-state index contributed by atoms with van der Waals surface area (Å²) in [5.74, 6) is 0.749. The van der Waals surface area contributed by atoms with Crippen molar-refractivity contribution in [3.63, 3.8) is 0 Å². The van der Waals surface area contributed by atoms with Crippen molar-refractivity contribution in [2.24, 2.45) is 0 Å². The van der Waals surface area contributed by atoms with E-state index in [4.69, 9.17) is 13.5 Å². The summed E-state index contributed by atoms with van der Waals surface area (Å²) in [6, 6.07) is 15.5. The molecular formula is C19H20NO4P. The highest BCUT2D eigenvalue weighted by Gasteiger charge is 2.29. The van der Waals surface area contributed by atoms with Gasteiger partial charge in [-0.1, -0.05) is 30.3 Å². The summed E-state index contributed by atoms with van der Waals surface area (Å²) in [5, 5.41) is 0. The molecule has 0 N–H and O–H groups in total. The molecule has 0 aliphatic carbocycles. The lowest BCUT2D eigenvalue weighted by Crippen LogP contribution is -2.19. The molecule has 3 rings (SSSR count). The summed E-state index contributed by atoms with van der Waals surface area (Å²) in [4.78, 5) is 0. The summed E-state index contributed by atoms with van der Waals surface area (Å²) >= 11 is 0. The molecular weight excluding hydrogens is 337 g/mol. The molecule has 0 aliphatic rings. The monoisotopic (exact) mass is 357 g/mol. The summed E-state index contributed by atoms with van der Waals surface area (Å²) in [5.41, 5.74) is 2.50. The van der Waals surface area contributed by atoms with E-state index < -0.39 is 7.60 Å². The smallest absolute Gasteiger partial charge is 0.377 e. The molecule has 0 aliphatic heterocycles. The highest BCUT2D eigenvalue weighted by atomic mass is 31.2. The van der Waals surface area contributed by atoms with Crippen LogP contribution in [0.5, 0.6) is 0 Å². The van der Waals surface area contributed by atoms with Gasteiger partial charge in [-0.3, -0.25) is 4.57 Å². The Kier molecular flexibility index (Phi) is 5.39. The maximum absolute atomic E-state index is 12.9. The summed E-state index contributed by atoms with van der Waals surface area (Å²) in [7, 11) is -0.583. The number of benzene rings is 1. The minimum atomic E-state index is -3.37. The van der Waals surface area contributed by atoms with Crippen LogP contribution in [0, 0.1) is 0 Å². The molecule has 0 atom stereocenters. The van der Waals surface area contributed by atoms with Crippen LogP contribution in [0.1, 0.15) is 16.9 Å². The van der Waals surface area contributed by atoms with Crippen molar-refractivity contribution in [3.05, 3.63) is 77.9 Å². The first-order chi connectivity index (χ1) is 12.1. The minimum absolute atomic E-state index is 0.514. The van der Waals surface area contributed by atoms with Gasteiger partial charge < -0.3 is 18.0 Å². The lowest BCUT2D eigenvalue weighted by molar-refractivity contribution is 0.285. The SMILES string of the molecule is COP(=O)(OC)c1cc(/C=C\c2ccco2)cn1Cc1ccccc1. The van der Waals surface area contributed by atoms with E-state index in [2.05, 4.69) is 0 Å². The molecule has 0 bridgehead atoms. The maximum Gasteiger partial charge on any atom is 0.377 e. The van der Waals surface area contributed by atoms with Crippen LogP contribution in [0.25, 0.3) is 12.2 Å². The quantitative estimate of drug-likeness (QED) is 0.588. The molecule has 1 aromatic carbocycles. The molecule has 130 valence electrons. The van der Waals surface area contributed by atoms with Gasteiger partial charge in [-0.2, -0.15) is 0 Å². The van der Waals surface area contributed by atoms with Crippen LogP contribution < -0.4 is 5.44 Å². The molecule has 5 nitrogen and oxygen atoms in total. The predicted octanol–water partition coefficient (Wildman–Crippen LogP) is 4.41. The Balaban J connectivity index is 1.97. The Morgan fingerprint density at radius 1 is 1.08 bits per heavy atom. The largest absolute Gasteiger partial charge is 0.465 e. The Morgan fingerprint density at radius 2 is 1.84 bits per heavy atom. The van der Waals surface area contributed by atoms with Crippen LogP contribution in [0.2, 0.25) is 0 Å². The minimum Gasteiger partial charge on any atom is -0.465 e. The van der Waals surface area contributed by atoms with Crippen molar-refractivity contribution in [2.75, 3.05) is 14.2 Å². The Bertz CT molecular complexity index is 874. The van der Waals surface area contributed by atoms with Gasteiger partial charge in [0, 0.05) is 27.0 Å². The third-order valence-electron chi connectivity index (χ3n) is 3.84. The summed E-state index contributed by atoms with van der Waals surface area (Å²) < 4.78 is 30.5.